The maximum atomic E-state index is 3.87. The van der Waals surface area contributed by atoms with Gasteiger partial charge in [0.15, 0.2) is 12.7 Å². The van der Waals surface area contributed by atoms with Crippen molar-refractivity contribution in [1.29, 1.82) is 0 Å². The molecule has 1 aromatic heterocycles. The predicted octanol–water partition coefficient (Wildman–Crippen LogP) is 2.70. The molecular weight excluding hydrogens is 214 g/mol. The summed E-state index contributed by atoms with van der Waals surface area (Å²) >= 11 is 3.48. The first kappa shape index (κ1) is 9.46. The highest BCUT2D eigenvalue weighted by atomic mass is 79.9. The number of hydrogen-bond acceptors (Lipinski definition) is 0. The molecule has 0 aliphatic heterocycles. The summed E-state index contributed by atoms with van der Waals surface area (Å²) in [5.41, 5.74) is 1.22. The van der Waals surface area contributed by atoms with Gasteiger partial charge in [0.05, 0.1) is 0 Å². The Balaban J connectivity index is 2.63. The summed E-state index contributed by atoms with van der Waals surface area (Å²) in [6.07, 6.45) is 3.10. The van der Waals surface area contributed by atoms with Crippen molar-refractivity contribution in [3.05, 3.63) is 41.2 Å². The summed E-state index contributed by atoms with van der Waals surface area (Å²) in [5.74, 6) is 0. The molecule has 0 bridgehead atoms. The number of aromatic nitrogens is 1. The Morgan fingerprint density at radius 2 is 2.33 bits per heavy atom. The van der Waals surface area contributed by atoms with E-state index < -0.39 is 0 Å². The first-order valence-electron chi connectivity index (χ1n) is 3.98. The number of halogens is 1. The quantitative estimate of drug-likeness (QED) is 0.424. The normalized spacial score (nSPS) is 9.83. The fourth-order valence-electron chi connectivity index (χ4n) is 0.948. The zero-order valence-corrected chi connectivity index (χ0v) is 8.84. The zero-order chi connectivity index (χ0) is 8.97. The van der Waals surface area contributed by atoms with Crippen molar-refractivity contribution in [3.8, 4) is 0 Å². The maximum absolute atomic E-state index is 3.87. The van der Waals surface area contributed by atoms with E-state index in [9.17, 15) is 0 Å². The fourth-order valence-corrected chi connectivity index (χ4v) is 1.40. The van der Waals surface area contributed by atoms with Crippen molar-refractivity contribution in [1.82, 2.24) is 0 Å². The molecule has 0 aliphatic carbocycles. The second kappa shape index (κ2) is 4.41. The van der Waals surface area contributed by atoms with Crippen LogP contribution in [0.3, 0.4) is 0 Å². The molecule has 0 aliphatic rings. The summed E-state index contributed by atoms with van der Waals surface area (Å²) in [4.78, 5) is 0. The standard InChI is InChI=1S/C10H13BrN/c1-9(2)6-8-12-7-4-3-5-10(12)11/h3-5,7H,1,6,8H2,2H3/q+1. The van der Waals surface area contributed by atoms with Crippen molar-refractivity contribution in [2.24, 2.45) is 0 Å². The first-order chi connectivity index (χ1) is 5.70. The second-order valence-corrected chi connectivity index (χ2v) is 3.74. The van der Waals surface area contributed by atoms with Crippen LogP contribution < -0.4 is 4.57 Å². The van der Waals surface area contributed by atoms with E-state index in [4.69, 9.17) is 0 Å². The molecule has 2 heteroatoms. The molecule has 1 aromatic rings. The van der Waals surface area contributed by atoms with Gasteiger partial charge in [-0.1, -0.05) is 12.2 Å². The summed E-state index contributed by atoms with van der Waals surface area (Å²) in [6, 6.07) is 6.09. The topological polar surface area (TPSA) is 3.88 Å². The van der Waals surface area contributed by atoms with E-state index in [1.54, 1.807) is 0 Å². The van der Waals surface area contributed by atoms with Gasteiger partial charge in [0, 0.05) is 34.5 Å². The van der Waals surface area contributed by atoms with E-state index in [0.29, 0.717) is 0 Å². The molecule has 64 valence electrons. The second-order valence-electron chi connectivity index (χ2n) is 2.92. The molecule has 0 atom stereocenters. The third-order valence-corrected chi connectivity index (χ3v) is 2.38. The number of allylic oxidation sites excluding steroid dienone is 1. The minimum Gasteiger partial charge on any atom is -0.193 e. The average Bonchev–Trinajstić information content (AvgIpc) is 2.03. The Hall–Kier alpha value is -0.630. The molecule has 0 saturated carbocycles. The van der Waals surface area contributed by atoms with E-state index >= 15 is 0 Å². The molecule has 0 unspecified atom stereocenters. The highest BCUT2D eigenvalue weighted by molar-refractivity contribution is 9.10. The molecule has 12 heavy (non-hydrogen) atoms. The van der Waals surface area contributed by atoms with Gasteiger partial charge in [0.2, 0.25) is 4.60 Å². The number of rotatable bonds is 3. The molecule has 1 heterocycles. The summed E-state index contributed by atoms with van der Waals surface area (Å²) in [5, 5.41) is 0. The van der Waals surface area contributed by atoms with Gasteiger partial charge in [0.1, 0.15) is 0 Å². The highest BCUT2D eigenvalue weighted by Crippen LogP contribution is 2.02. The molecule has 0 fully saturated rings. The molecule has 1 nitrogen and oxygen atoms in total. The molecule has 0 aromatic carbocycles. The maximum Gasteiger partial charge on any atom is 0.247 e. The third kappa shape index (κ3) is 2.78. The minimum atomic E-state index is 0.997. The number of pyridine rings is 1. The number of aryl methyl sites for hydroxylation is 1. The molecule has 1 rings (SSSR count). The largest absolute Gasteiger partial charge is 0.247 e. The SMILES string of the molecule is C=C(C)CC[n+]1ccccc1Br. The van der Waals surface area contributed by atoms with Gasteiger partial charge < -0.3 is 0 Å². The van der Waals surface area contributed by atoms with Crippen LogP contribution in [0.25, 0.3) is 0 Å². The van der Waals surface area contributed by atoms with Gasteiger partial charge in [-0.2, -0.15) is 4.57 Å². The van der Waals surface area contributed by atoms with Crippen LogP contribution >= 0.6 is 15.9 Å². The van der Waals surface area contributed by atoms with Gasteiger partial charge in [-0.3, -0.25) is 0 Å². The lowest BCUT2D eigenvalue weighted by Gasteiger charge is -1.97. The van der Waals surface area contributed by atoms with Crippen LogP contribution in [-0.4, -0.2) is 0 Å². The highest BCUT2D eigenvalue weighted by Gasteiger charge is 2.04. The number of nitrogens with zero attached hydrogens (tertiary/aromatic N) is 1. The Morgan fingerprint density at radius 1 is 1.58 bits per heavy atom. The van der Waals surface area contributed by atoms with E-state index in [0.717, 1.165) is 17.6 Å². The molecular formula is C10H13BrN+. The van der Waals surface area contributed by atoms with Crippen LogP contribution in [0.4, 0.5) is 0 Å². The Bertz CT molecular complexity index is 281. The summed E-state index contributed by atoms with van der Waals surface area (Å²) in [7, 11) is 0. The fraction of sp³-hybridized carbons (Fsp3) is 0.300. The van der Waals surface area contributed by atoms with Gasteiger partial charge >= 0.3 is 0 Å². The van der Waals surface area contributed by atoms with Gasteiger partial charge in [0.25, 0.3) is 0 Å². The first-order valence-corrected chi connectivity index (χ1v) is 4.78. The van der Waals surface area contributed by atoms with Crippen LogP contribution in [0.2, 0.25) is 0 Å². The van der Waals surface area contributed by atoms with Crippen LogP contribution in [0.15, 0.2) is 41.2 Å². The monoisotopic (exact) mass is 226 g/mol. The summed E-state index contributed by atoms with van der Waals surface area (Å²) in [6.45, 7) is 6.92. The minimum absolute atomic E-state index is 0.997. The lowest BCUT2D eigenvalue weighted by Crippen LogP contribution is -2.34. The molecule has 0 radical (unpaired) electrons. The smallest absolute Gasteiger partial charge is 0.193 e. The van der Waals surface area contributed by atoms with Crippen LogP contribution in [0.1, 0.15) is 13.3 Å². The van der Waals surface area contributed by atoms with Crippen LogP contribution in [0, 0.1) is 0 Å². The average molecular weight is 227 g/mol. The van der Waals surface area contributed by atoms with E-state index in [-0.39, 0.29) is 0 Å². The number of hydrogen-bond donors (Lipinski definition) is 0. The third-order valence-electron chi connectivity index (χ3n) is 1.66. The van der Waals surface area contributed by atoms with E-state index in [2.05, 4.69) is 40.2 Å². The lowest BCUT2D eigenvalue weighted by molar-refractivity contribution is -0.707. The van der Waals surface area contributed by atoms with Crippen LogP contribution in [0.5, 0.6) is 0 Å². The van der Waals surface area contributed by atoms with Crippen molar-refractivity contribution in [3.63, 3.8) is 0 Å². The van der Waals surface area contributed by atoms with Crippen molar-refractivity contribution in [2.45, 2.75) is 19.9 Å². The van der Waals surface area contributed by atoms with Crippen molar-refractivity contribution >= 4 is 15.9 Å². The van der Waals surface area contributed by atoms with Gasteiger partial charge in [-0.05, 0) is 13.0 Å². The Labute approximate surface area is 81.9 Å². The molecule has 0 N–H and O–H groups in total. The molecule has 0 spiro atoms. The zero-order valence-electron chi connectivity index (χ0n) is 7.26. The van der Waals surface area contributed by atoms with Crippen molar-refractivity contribution < 1.29 is 4.57 Å². The Morgan fingerprint density at radius 3 is 2.92 bits per heavy atom. The molecule has 0 saturated heterocycles. The van der Waals surface area contributed by atoms with Crippen LogP contribution in [-0.2, 0) is 6.54 Å². The molecule has 0 amide bonds. The van der Waals surface area contributed by atoms with Crippen molar-refractivity contribution in [2.75, 3.05) is 0 Å². The Kier molecular flexibility index (Phi) is 3.48. The predicted molar refractivity (Wildman–Crippen MR) is 53.8 cm³/mol. The summed E-state index contributed by atoms with van der Waals surface area (Å²) < 4.78 is 3.28. The van der Waals surface area contributed by atoms with Gasteiger partial charge in [-0.25, -0.2) is 0 Å². The van der Waals surface area contributed by atoms with E-state index in [1.807, 2.05) is 18.2 Å². The van der Waals surface area contributed by atoms with Gasteiger partial charge in [-0.15, -0.1) is 0 Å². The lowest BCUT2D eigenvalue weighted by atomic mass is 10.2. The van der Waals surface area contributed by atoms with E-state index in [1.165, 1.54) is 5.57 Å².